The minimum Gasteiger partial charge on any atom is -0.330 e. The lowest BCUT2D eigenvalue weighted by Gasteiger charge is -2.28. The van der Waals surface area contributed by atoms with Crippen LogP contribution in [0.1, 0.15) is 22.3 Å². The lowest BCUT2D eigenvalue weighted by Crippen LogP contribution is -2.40. The summed E-state index contributed by atoms with van der Waals surface area (Å²) in [7, 11) is -3.27. The molecular weight excluding hydrogens is 375 g/mol. The first-order valence-corrected chi connectivity index (χ1v) is 10.1. The molecule has 9 heteroatoms. The normalized spacial score (nSPS) is 18.2. The molecule has 0 bridgehead atoms. The quantitative estimate of drug-likeness (QED) is 0.575. The number of amides is 1. The SMILES string of the molecule is O=C(c1ccccc1[N+](=O)[O-])N(Cc1ccc(F)cc1)C1CCS(=O)(=O)C1. The first-order chi connectivity index (χ1) is 12.8. The molecule has 0 N–H and O–H groups in total. The van der Waals surface area contributed by atoms with Crippen molar-refractivity contribution >= 4 is 21.4 Å². The summed E-state index contributed by atoms with van der Waals surface area (Å²) in [5.74, 6) is -1.28. The maximum absolute atomic E-state index is 13.2. The number of halogens is 1. The fourth-order valence-electron chi connectivity index (χ4n) is 3.14. The van der Waals surface area contributed by atoms with Gasteiger partial charge < -0.3 is 4.90 Å². The Labute approximate surface area is 155 Å². The molecule has 142 valence electrons. The van der Waals surface area contributed by atoms with Gasteiger partial charge in [0, 0.05) is 18.7 Å². The molecule has 1 amide bonds. The molecule has 2 aromatic carbocycles. The van der Waals surface area contributed by atoms with Gasteiger partial charge in [0.15, 0.2) is 9.84 Å². The average molecular weight is 392 g/mol. The zero-order valence-corrected chi connectivity index (χ0v) is 15.1. The number of carbonyl (C=O) groups excluding carboxylic acids is 1. The van der Waals surface area contributed by atoms with E-state index < -0.39 is 32.5 Å². The molecule has 0 spiro atoms. The monoisotopic (exact) mass is 392 g/mol. The second-order valence-electron chi connectivity index (χ2n) is 6.39. The van der Waals surface area contributed by atoms with Crippen molar-refractivity contribution in [3.8, 4) is 0 Å². The van der Waals surface area contributed by atoms with Crippen LogP contribution in [-0.2, 0) is 16.4 Å². The number of rotatable bonds is 5. The van der Waals surface area contributed by atoms with Crippen molar-refractivity contribution < 1.29 is 22.5 Å². The fraction of sp³-hybridized carbons (Fsp3) is 0.278. The van der Waals surface area contributed by atoms with Crippen molar-refractivity contribution in [2.75, 3.05) is 11.5 Å². The highest BCUT2D eigenvalue weighted by molar-refractivity contribution is 7.91. The van der Waals surface area contributed by atoms with Gasteiger partial charge in [0.1, 0.15) is 11.4 Å². The van der Waals surface area contributed by atoms with Crippen LogP contribution in [0.3, 0.4) is 0 Å². The highest BCUT2D eigenvalue weighted by atomic mass is 32.2. The van der Waals surface area contributed by atoms with E-state index in [0.29, 0.717) is 5.56 Å². The summed E-state index contributed by atoms with van der Waals surface area (Å²) in [6.45, 7) is 0.0331. The molecule has 0 saturated carbocycles. The molecule has 27 heavy (non-hydrogen) atoms. The van der Waals surface area contributed by atoms with Crippen LogP contribution >= 0.6 is 0 Å². The van der Waals surface area contributed by atoms with Gasteiger partial charge in [-0.05, 0) is 30.2 Å². The van der Waals surface area contributed by atoms with Gasteiger partial charge in [-0.1, -0.05) is 24.3 Å². The van der Waals surface area contributed by atoms with Crippen molar-refractivity contribution in [2.24, 2.45) is 0 Å². The lowest BCUT2D eigenvalue weighted by atomic mass is 10.1. The molecule has 1 fully saturated rings. The topological polar surface area (TPSA) is 97.6 Å². The van der Waals surface area contributed by atoms with Crippen molar-refractivity contribution in [2.45, 2.75) is 19.0 Å². The number of nitrogens with zero attached hydrogens (tertiary/aromatic N) is 2. The summed E-state index contributed by atoms with van der Waals surface area (Å²) in [5.41, 5.74) is 0.161. The van der Waals surface area contributed by atoms with Crippen LogP contribution in [0.25, 0.3) is 0 Å². The van der Waals surface area contributed by atoms with Gasteiger partial charge in [0.05, 0.1) is 16.4 Å². The Kier molecular flexibility index (Phi) is 5.22. The van der Waals surface area contributed by atoms with Gasteiger partial charge in [0.25, 0.3) is 11.6 Å². The van der Waals surface area contributed by atoms with Gasteiger partial charge in [-0.2, -0.15) is 0 Å². The van der Waals surface area contributed by atoms with Crippen LogP contribution in [0.2, 0.25) is 0 Å². The van der Waals surface area contributed by atoms with Crippen LogP contribution in [0.4, 0.5) is 10.1 Å². The molecular formula is C18H17FN2O5S. The summed E-state index contributed by atoms with van der Waals surface area (Å²) >= 11 is 0. The molecule has 0 aromatic heterocycles. The number of sulfone groups is 1. The smallest absolute Gasteiger partial charge is 0.282 e. The predicted molar refractivity (Wildman–Crippen MR) is 96.4 cm³/mol. The third kappa shape index (κ3) is 4.30. The summed E-state index contributed by atoms with van der Waals surface area (Å²) in [6, 6.07) is 10.4. The maximum Gasteiger partial charge on any atom is 0.282 e. The van der Waals surface area contributed by atoms with Crippen LogP contribution in [0.15, 0.2) is 48.5 Å². The van der Waals surface area contributed by atoms with E-state index in [1.807, 2.05) is 0 Å². The maximum atomic E-state index is 13.2. The van der Waals surface area contributed by atoms with Crippen molar-refractivity contribution in [3.05, 3.63) is 75.6 Å². The second-order valence-corrected chi connectivity index (χ2v) is 8.62. The van der Waals surface area contributed by atoms with Gasteiger partial charge in [-0.3, -0.25) is 14.9 Å². The lowest BCUT2D eigenvalue weighted by molar-refractivity contribution is -0.385. The second kappa shape index (κ2) is 7.43. The first kappa shape index (κ1) is 19.0. The van der Waals surface area contributed by atoms with Crippen LogP contribution in [0.5, 0.6) is 0 Å². The Morgan fingerprint density at radius 1 is 1.19 bits per heavy atom. The van der Waals surface area contributed by atoms with E-state index in [-0.39, 0.29) is 35.7 Å². The van der Waals surface area contributed by atoms with E-state index in [2.05, 4.69) is 0 Å². The standard InChI is InChI=1S/C18H17FN2O5S/c19-14-7-5-13(6-8-14)11-20(15-9-10-27(25,26)12-15)18(22)16-3-1-2-4-17(16)21(23)24/h1-8,15H,9-12H2. The Morgan fingerprint density at radius 2 is 1.85 bits per heavy atom. The van der Waals surface area contributed by atoms with Crippen molar-refractivity contribution in [3.63, 3.8) is 0 Å². The summed E-state index contributed by atoms with van der Waals surface area (Å²) in [6.07, 6.45) is 0.260. The van der Waals surface area contributed by atoms with E-state index in [0.717, 1.165) is 0 Å². The molecule has 1 aliphatic heterocycles. The Morgan fingerprint density at radius 3 is 2.44 bits per heavy atom. The summed E-state index contributed by atoms with van der Waals surface area (Å²) < 4.78 is 36.9. The first-order valence-electron chi connectivity index (χ1n) is 8.26. The molecule has 1 heterocycles. The predicted octanol–water partition coefficient (Wildman–Crippen LogP) is 2.56. The minimum absolute atomic E-state index is 0.0331. The number of hydrogen-bond acceptors (Lipinski definition) is 5. The molecule has 2 aromatic rings. The van der Waals surface area contributed by atoms with Gasteiger partial charge >= 0.3 is 0 Å². The summed E-state index contributed by atoms with van der Waals surface area (Å²) in [4.78, 5) is 25.0. The number of nitro benzene ring substituents is 1. The molecule has 1 aliphatic rings. The van der Waals surface area contributed by atoms with E-state index in [9.17, 15) is 27.7 Å². The summed E-state index contributed by atoms with van der Waals surface area (Å²) in [5, 5.41) is 11.3. The van der Waals surface area contributed by atoms with Crippen molar-refractivity contribution in [1.82, 2.24) is 4.90 Å². The van der Waals surface area contributed by atoms with Crippen molar-refractivity contribution in [1.29, 1.82) is 0 Å². The highest BCUT2D eigenvalue weighted by Gasteiger charge is 2.36. The molecule has 1 unspecified atom stereocenters. The molecule has 0 aliphatic carbocycles. The fourth-order valence-corrected chi connectivity index (χ4v) is 4.87. The molecule has 1 atom stereocenters. The molecule has 7 nitrogen and oxygen atoms in total. The zero-order chi connectivity index (χ0) is 19.6. The Balaban J connectivity index is 1.97. The van der Waals surface area contributed by atoms with Gasteiger partial charge in [-0.25, -0.2) is 12.8 Å². The number of para-hydroxylation sites is 1. The molecule has 3 rings (SSSR count). The third-order valence-electron chi connectivity index (χ3n) is 4.51. The van der Waals surface area contributed by atoms with E-state index in [4.69, 9.17) is 0 Å². The van der Waals surface area contributed by atoms with Crippen LogP contribution < -0.4 is 0 Å². The third-order valence-corrected chi connectivity index (χ3v) is 6.26. The zero-order valence-electron chi connectivity index (χ0n) is 14.2. The highest BCUT2D eigenvalue weighted by Crippen LogP contribution is 2.26. The molecule has 1 saturated heterocycles. The number of nitro groups is 1. The number of hydrogen-bond donors (Lipinski definition) is 0. The van der Waals surface area contributed by atoms with Crippen LogP contribution in [0, 0.1) is 15.9 Å². The largest absolute Gasteiger partial charge is 0.330 e. The Hall–Kier alpha value is -2.81. The minimum atomic E-state index is -3.27. The molecule has 0 radical (unpaired) electrons. The van der Waals surface area contributed by atoms with E-state index in [1.165, 1.54) is 53.4 Å². The van der Waals surface area contributed by atoms with E-state index >= 15 is 0 Å². The average Bonchev–Trinajstić information content (AvgIpc) is 3.00. The number of carbonyl (C=O) groups is 1. The number of benzene rings is 2. The van der Waals surface area contributed by atoms with E-state index in [1.54, 1.807) is 0 Å². The van der Waals surface area contributed by atoms with Gasteiger partial charge in [0.2, 0.25) is 0 Å². The van der Waals surface area contributed by atoms with Gasteiger partial charge in [-0.15, -0.1) is 0 Å². The Bertz CT molecular complexity index is 976. The van der Waals surface area contributed by atoms with Crippen LogP contribution in [-0.4, -0.2) is 41.7 Å².